The summed E-state index contributed by atoms with van der Waals surface area (Å²) in [6, 6.07) is 1.29. The number of aromatic nitrogens is 1. The number of hydrogen-bond donors (Lipinski definition) is 1. The maximum Gasteiger partial charge on any atom is 0.250 e. The summed E-state index contributed by atoms with van der Waals surface area (Å²) >= 11 is 5.70. The van der Waals surface area contributed by atoms with Crippen molar-refractivity contribution in [1.29, 1.82) is 0 Å². The van der Waals surface area contributed by atoms with Crippen LogP contribution in [0.3, 0.4) is 0 Å². The summed E-state index contributed by atoms with van der Waals surface area (Å²) < 4.78 is 13.1. The molecule has 0 atom stereocenters. The van der Waals surface area contributed by atoms with E-state index < -0.39 is 11.7 Å². The second kappa shape index (κ2) is 5.46. The SMILES string of the molecule is C.C/C=C(\F)c1ncc(C(N)=O)cc1Cl. The van der Waals surface area contributed by atoms with Gasteiger partial charge in [0.2, 0.25) is 5.91 Å². The molecular formula is C10H12ClFN2O. The van der Waals surface area contributed by atoms with Gasteiger partial charge in [0.15, 0.2) is 0 Å². The topological polar surface area (TPSA) is 56.0 Å². The summed E-state index contributed by atoms with van der Waals surface area (Å²) in [5, 5.41) is 0.0666. The third-order valence-corrected chi connectivity index (χ3v) is 1.89. The minimum atomic E-state index is -0.646. The second-order valence-electron chi connectivity index (χ2n) is 2.56. The van der Waals surface area contributed by atoms with Gasteiger partial charge >= 0.3 is 0 Å². The maximum atomic E-state index is 13.1. The van der Waals surface area contributed by atoms with Crippen LogP contribution in [0.15, 0.2) is 18.3 Å². The van der Waals surface area contributed by atoms with Crippen LogP contribution in [0.2, 0.25) is 5.02 Å². The average molecular weight is 231 g/mol. The minimum absolute atomic E-state index is 0. The first-order valence-corrected chi connectivity index (χ1v) is 4.21. The fourth-order valence-corrected chi connectivity index (χ4v) is 1.14. The predicted octanol–water partition coefficient (Wildman–Crippen LogP) is 2.80. The molecule has 0 unspecified atom stereocenters. The summed E-state index contributed by atoms with van der Waals surface area (Å²) in [5.41, 5.74) is 5.16. The van der Waals surface area contributed by atoms with Crippen LogP contribution in [-0.4, -0.2) is 10.9 Å². The van der Waals surface area contributed by atoms with E-state index in [1.807, 2.05) is 0 Å². The number of carbonyl (C=O) groups is 1. The van der Waals surface area contributed by atoms with Gasteiger partial charge < -0.3 is 5.73 Å². The molecule has 0 spiro atoms. The molecule has 1 aromatic rings. The molecule has 0 radical (unpaired) electrons. The molecule has 0 fully saturated rings. The summed E-state index contributed by atoms with van der Waals surface area (Å²) in [7, 11) is 0. The van der Waals surface area contributed by atoms with Gasteiger partial charge in [-0.05, 0) is 19.1 Å². The van der Waals surface area contributed by atoms with Gasteiger partial charge in [0.05, 0.1) is 10.6 Å². The van der Waals surface area contributed by atoms with Crippen LogP contribution in [0, 0.1) is 0 Å². The zero-order valence-electron chi connectivity index (χ0n) is 7.42. The average Bonchev–Trinajstić information content (AvgIpc) is 2.16. The summed E-state index contributed by atoms with van der Waals surface area (Å²) in [5.74, 6) is -1.18. The van der Waals surface area contributed by atoms with E-state index in [2.05, 4.69) is 4.98 Å². The van der Waals surface area contributed by atoms with Gasteiger partial charge in [0, 0.05) is 6.20 Å². The van der Waals surface area contributed by atoms with Crippen molar-refractivity contribution >= 4 is 23.3 Å². The van der Waals surface area contributed by atoms with Crippen LogP contribution in [0.4, 0.5) is 4.39 Å². The number of amides is 1. The first-order valence-electron chi connectivity index (χ1n) is 3.83. The molecule has 0 aromatic carbocycles. The van der Waals surface area contributed by atoms with E-state index in [4.69, 9.17) is 17.3 Å². The number of hydrogen-bond acceptors (Lipinski definition) is 2. The van der Waals surface area contributed by atoms with Crippen molar-refractivity contribution in [2.75, 3.05) is 0 Å². The van der Waals surface area contributed by atoms with E-state index in [0.717, 1.165) is 0 Å². The van der Waals surface area contributed by atoms with Crippen LogP contribution in [0.5, 0.6) is 0 Å². The predicted molar refractivity (Wildman–Crippen MR) is 59.3 cm³/mol. The van der Waals surface area contributed by atoms with Crippen molar-refractivity contribution in [1.82, 2.24) is 4.98 Å². The Labute approximate surface area is 92.8 Å². The van der Waals surface area contributed by atoms with Gasteiger partial charge in [-0.25, -0.2) is 4.39 Å². The number of carbonyl (C=O) groups excluding carboxylic acids is 1. The van der Waals surface area contributed by atoms with Crippen LogP contribution in [0.25, 0.3) is 5.83 Å². The van der Waals surface area contributed by atoms with E-state index in [-0.39, 0.29) is 23.7 Å². The van der Waals surface area contributed by atoms with Crippen LogP contribution >= 0.6 is 11.6 Å². The summed E-state index contributed by atoms with van der Waals surface area (Å²) in [6.45, 7) is 1.52. The van der Waals surface area contributed by atoms with E-state index in [1.165, 1.54) is 25.3 Å². The summed E-state index contributed by atoms with van der Waals surface area (Å²) in [6.07, 6.45) is 2.42. The third kappa shape index (κ3) is 3.02. The molecule has 0 aliphatic carbocycles. The van der Waals surface area contributed by atoms with Crippen molar-refractivity contribution in [2.24, 2.45) is 5.73 Å². The van der Waals surface area contributed by atoms with Crippen LogP contribution in [0.1, 0.15) is 30.4 Å². The molecule has 15 heavy (non-hydrogen) atoms. The Hall–Kier alpha value is -1.42. The largest absolute Gasteiger partial charge is 0.366 e. The third-order valence-electron chi connectivity index (χ3n) is 1.61. The Morgan fingerprint density at radius 2 is 2.27 bits per heavy atom. The van der Waals surface area contributed by atoms with Crippen molar-refractivity contribution in [3.63, 3.8) is 0 Å². The van der Waals surface area contributed by atoms with Crippen LogP contribution < -0.4 is 5.73 Å². The maximum absolute atomic E-state index is 13.1. The molecule has 0 saturated heterocycles. The molecule has 1 aromatic heterocycles. The zero-order valence-corrected chi connectivity index (χ0v) is 8.18. The fourth-order valence-electron chi connectivity index (χ4n) is 0.885. The summed E-state index contributed by atoms with van der Waals surface area (Å²) in [4.78, 5) is 14.4. The van der Waals surface area contributed by atoms with Crippen molar-refractivity contribution in [3.05, 3.63) is 34.6 Å². The molecule has 0 bridgehead atoms. The van der Waals surface area contributed by atoms with Gasteiger partial charge in [-0.15, -0.1) is 0 Å². The number of allylic oxidation sites excluding steroid dienone is 1. The zero-order chi connectivity index (χ0) is 10.7. The molecule has 1 amide bonds. The lowest BCUT2D eigenvalue weighted by Gasteiger charge is -2.01. The van der Waals surface area contributed by atoms with E-state index in [9.17, 15) is 9.18 Å². The molecule has 0 aliphatic rings. The minimum Gasteiger partial charge on any atom is -0.366 e. The molecule has 3 nitrogen and oxygen atoms in total. The van der Waals surface area contributed by atoms with Crippen molar-refractivity contribution < 1.29 is 9.18 Å². The van der Waals surface area contributed by atoms with Crippen molar-refractivity contribution in [2.45, 2.75) is 14.4 Å². The normalized spacial score (nSPS) is 10.7. The molecular weight excluding hydrogens is 219 g/mol. The molecule has 0 aliphatic heterocycles. The highest BCUT2D eigenvalue weighted by atomic mass is 35.5. The highest BCUT2D eigenvalue weighted by Crippen LogP contribution is 2.23. The lowest BCUT2D eigenvalue weighted by Crippen LogP contribution is -2.11. The highest BCUT2D eigenvalue weighted by molar-refractivity contribution is 6.32. The number of nitrogens with zero attached hydrogens (tertiary/aromatic N) is 1. The van der Waals surface area contributed by atoms with Gasteiger partial charge in [-0.2, -0.15) is 0 Å². The van der Waals surface area contributed by atoms with Gasteiger partial charge in [0.25, 0.3) is 0 Å². The molecule has 1 heterocycles. The molecule has 5 heteroatoms. The molecule has 1 rings (SSSR count). The number of halogens is 2. The Bertz CT molecular complexity index is 404. The second-order valence-corrected chi connectivity index (χ2v) is 2.96. The highest BCUT2D eigenvalue weighted by Gasteiger charge is 2.09. The monoisotopic (exact) mass is 230 g/mol. The van der Waals surface area contributed by atoms with Gasteiger partial charge in [0.1, 0.15) is 11.5 Å². The Morgan fingerprint density at radius 3 is 2.67 bits per heavy atom. The van der Waals surface area contributed by atoms with Gasteiger partial charge in [-0.1, -0.05) is 19.0 Å². The molecule has 0 saturated carbocycles. The van der Waals surface area contributed by atoms with Gasteiger partial charge in [-0.3, -0.25) is 9.78 Å². The Kier molecular flexibility index (Phi) is 4.94. The number of primary amides is 1. The standard InChI is InChI=1S/C9H8ClFN2O.CH4/c1-2-7(11)8-6(10)3-5(4-13-8)9(12)14;/h2-4H,1H3,(H2,12,14);1H4/b7-2-;. The quantitative estimate of drug-likeness (QED) is 0.849. The lowest BCUT2D eigenvalue weighted by molar-refractivity contribution is 0.1000. The first-order chi connectivity index (χ1) is 6.56. The first kappa shape index (κ1) is 13.6. The van der Waals surface area contributed by atoms with E-state index >= 15 is 0 Å². The van der Waals surface area contributed by atoms with Crippen molar-refractivity contribution in [3.8, 4) is 0 Å². The van der Waals surface area contributed by atoms with Crippen LogP contribution in [-0.2, 0) is 0 Å². The molecule has 2 N–H and O–H groups in total. The number of pyridine rings is 1. The number of nitrogens with two attached hydrogens (primary N) is 1. The molecule has 82 valence electrons. The Balaban J connectivity index is 0.00000196. The lowest BCUT2D eigenvalue weighted by atomic mass is 10.2. The smallest absolute Gasteiger partial charge is 0.250 e. The number of rotatable bonds is 2. The fraction of sp³-hybridized carbons (Fsp3) is 0.200. The Morgan fingerprint density at radius 1 is 1.67 bits per heavy atom. The van der Waals surface area contributed by atoms with E-state index in [0.29, 0.717) is 0 Å². The van der Waals surface area contributed by atoms with E-state index in [1.54, 1.807) is 0 Å².